The Bertz CT molecular complexity index is 4260. The lowest BCUT2D eigenvalue weighted by atomic mass is 9.80. The third-order valence-corrected chi connectivity index (χ3v) is 16.1. The van der Waals surface area contributed by atoms with Gasteiger partial charge in [0.25, 0.3) is 0 Å². The van der Waals surface area contributed by atoms with Crippen LogP contribution < -0.4 is 5.46 Å². The topological polar surface area (TPSA) is 102 Å². The molecule has 372 valence electrons. The fourth-order valence-corrected chi connectivity index (χ4v) is 12.2. The van der Waals surface area contributed by atoms with E-state index >= 15 is 0 Å². The Balaban J connectivity index is 0.000000133. The molecule has 0 bridgehead atoms. The Morgan fingerprint density at radius 1 is 0.338 bits per heavy atom. The van der Waals surface area contributed by atoms with Gasteiger partial charge in [-0.15, -0.1) is 43.1 Å². The van der Waals surface area contributed by atoms with Gasteiger partial charge in [0.1, 0.15) is 0 Å². The maximum Gasteiger partial charge on any atom is 0.489 e. The molecule has 4 aromatic heterocycles. The van der Waals surface area contributed by atoms with E-state index in [0.29, 0.717) is 5.46 Å². The molecule has 0 saturated heterocycles. The van der Waals surface area contributed by atoms with Gasteiger partial charge < -0.3 is 17.5 Å². The van der Waals surface area contributed by atoms with Crippen LogP contribution in [0.3, 0.4) is 0 Å². The van der Waals surface area contributed by atoms with E-state index in [1.807, 2.05) is 139 Å². The number of para-hydroxylation sites is 2. The van der Waals surface area contributed by atoms with Gasteiger partial charge in [-0.1, -0.05) is 222 Å². The van der Waals surface area contributed by atoms with E-state index in [-0.39, 0.29) is 7.43 Å². The van der Waals surface area contributed by atoms with Crippen LogP contribution in [0, 0.1) is 7.43 Å². The number of hydrogen-bond donors (Lipinski definition) is 2. The van der Waals surface area contributed by atoms with Crippen LogP contribution in [0.2, 0.25) is 0 Å². The molecule has 0 aliphatic carbocycles. The summed E-state index contributed by atoms with van der Waals surface area (Å²) in [6, 6.07) is 86.6. The lowest BCUT2D eigenvalue weighted by Gasteiger charge is -2.11. The van der Waals surface area contributed by atoms with Crippen molar-refractivity contribution in [2.75, 3.05) is 0 Å². The van der Waals surface area contributed by atoms with Gasteiger partial charge >= 0.3 is 7.12 Å². The molecule has 0 amide bonds. The quantitative estimate of drug-likeness (QED) is 0.116. The Morgan fingerprint density at radius 2 is 0.688 bits per heavy atom. The van der Waals surface area contributed by atoms with Crippen LogP contribution in [0.5, 0.6) is 0 Å². The lowest BCUT2D eigenvalue weighted by molar-refractivity contribution is 0.426. The zero-order valence-electron chi connectivity index (χ0n) is 41.6. The minimum atomic E-state index is -1.41. The molecule has 0 spiro atoms. The Kier molecular flexibility index (Phi) is 14.9. The molecule has 0 fully saturated rings. The number of aromatic nitrogens is 6. The van der Waals surface area contributed by atoms with Gasteiger partial charge in [-0.05, 0) is 70.5 Å². The van der Waals surface area contributed by atoms with Crippen LogP contribution in [0.1, 0.15) is 0 Å². The van der Waals surface area contributed by atoms with Crippen LogP contribution in [0.4, 0.5) is 0 Å². The van der Waals surface area contributed by atoms with Crippen molar-refractivity contribution in [2.24, 2.45) is 0 Å². The molecule has 8 nitrogen and oxygen atoms in total. The summed E-state index contributed by atoms with van der Waals surface area (Å²) < 4.78 is 10.0. The average Bonchev–Trinajstić information content (AvgIpc) is 4.33. The summed E-state index contributed by atoms with van der Waals surface area (Å²) in [4.78, 5) is 0. The molecule has 0 aliphatic heterocycles. The molecule has 0 aliphatic rings. The van der Waals surface area contributed by atoms with E-state index in [1.165, 1.54) is 41.4 Å². The Hall–Kier alpha value is -8.62. The van der Waals surface area contributed by atoms with Crippen molar-refractivity contribution in [3.8, 4) is 68.1 Å². The first kappa shape index (κ1) is 50.5. The van der Waals surface area contributed by atoms with Crippen LogP contribution in [-0.4, -0.2) is 46.7 Å². The first-order chi connectivity index (χ1) is 37.5. The Labute approximate surface area is 462 Å². The van der Waals surface area contributed by atoms with E-state index in [9.17, 15) is 10.0 Å². The normalized spacial score (nSPS) is 10.9. The molecule has 0 saturated carbocycles. The summed E-state index contributed by atoms with van der Waals surface area (Å²) in [7, 11) is -1.41. The van der Waals surface area contributed by atoms with Crippen molar-refractivity contribution in [1.29, 1.82) is 0 Å². The van der Waals surface area contributed by atoms with E-state index < -0.39 is 7.12 Å². The van der Waals surface area contributed by atoms with Crippen LogP contribution in [0.25, 0.3) is 108 Å². The third-order valence-electron chi connectivity index (χ3n) is 13.1. The predicted octanol–water partition coefficient (Wildman–Crippen LogP) is 16.2. The minimum Gasteiger partial charge on any atom is -0.423 e. The van der Waals surface area contributed by atoms with E-state index in [4.69, 9.17) is 0 Å². The molecular formula is C65H47BBrN6O2S2-. The van der Waals surface area contributed by atoms with Crippen LogP contribution >= 0.6 is 38.6 Å². The zero-order chi connectivity index (χ0) is 51.4. The molecule has 0 atom stereocenters. The zero-order valence-corrected chi connectivity index (χ0v) is 44.8. The van der Waals surface area contributed by atoms with Gasteiger partial charge in [-0.3, -0.25) is 9.13 Å². The number of fused-ring (bicyclic) bond motifs is 6. The third kappa shape index (κ3) is 10.3. The van der Waals surface area contributed by atoms with Crippen molar-refractivity contribution in [3.05, 3.63) is 267 Å². The van der Waals surface area contributed by atoms with Crippen molar-refractivity contribution >= 4 is 91.5 Å². The second-order valence-electron chi connectivity index (χ2n) is 17.8. The van der Waals surface area contributed by atoms with Crippen molar-refractivity contribution < 1.29 is 10.0 Å². The number of hydrogen-bond acceptors (Lipinski definition) is 8. The van der Waals surface area contributed by atoms with Gasteiger partial charge in [-0.2, -0.15) is 0 Å². The predicted molar refractivity (Wildman–Crippen MR) is 326 cm³/mol. The molecular weight excluding hydrogens is 1050 g/mol. The largest absolute Gasteiger partial charge is 0.489 e. The summed E-state index contributed by atoms with van der Waals surface area (Å²) in [6.07, 6.45) is 0. The number of rotatable bonds is 8. The van der Waals surface area contributed by atoms with Gasteiger partial charge in [0.05, 0.1) is 0 Å². The molecule has 0 unspecified atom stereocenters. The monoisotopic (exact) mass is 1100 g/mol. The SMILES string of the molecule is Brc1ccc(-c2nnc(-c3ccccc3)n2-c2ccccc2)cc1.OB(O)c1cccc2c1sc1ccccc12.[CH3-].c1ccc(-c2nnc(-c3ccc(-c4cccc5c4sc4ccccc45)cc3)n2-c2ccccc2)cc1. The number of benzene rings is 10. The highest BCUT2D eigenvalue weighted by Gasteiger charge is 2.20. The molecule has 2 N–H and O–H groups in total. The summed E-state index contributed by atoms with van der Waals surface area (Å²) in [5, 5.41) is 41.7. The maximum absolute atomic E-state index is 9.31. The summed E-state index contributed by atoms with van der Waals surface area (Å²) in [5.74, 6) is 3.31. The van der Waals surface area contributed by atoms with Gasteiger partial charge in [-0.25, -0.2) is 0 Å². The lowest BCUT2D eigenvalue weighted by Crippen LogP contribution is -2.29. The summed E-state index contributed by atoms with van der Waals surface area (Å²) >= 11 is 6.94. The molecule has 4 heterocycles. The van der Waals surface area contributed by atoms with E-state index in [2.05, 4.69) is 167 Å². The molecule has 14 rings (SSSR count). The smallest absolute Gasteiger partial charge is 0.423 e. The maximum atomic E-state index is 9.31. The fraction of sp³-hybridized carbons (Fsp3) is 0. The molecule has 12 heteroatoms. The van der Waals surface area contributed by atoms with Crippen LogP contribution in [-0.2, 0) is 0 Å². The molecule has 77 heavy (non-hydrogen) atoms. The highest BCUT2D eigenvalue weighted by Crippen LogP contribution is 2.41. The Morgan fingerprint density at radius 3 is 1.16 bits per heavy atom. The summed E-state index contributed by atoms with van der Waals surface area (Å²) in [6.45, 7) is 0. The first-order valence-corrected chi connectivity index (χ1v) is 27.1. The number of nitrogens with zero attached hydrogens (tertiary/aromatic N) is 6. The van der Waals surface area contributed by atoms with Crippen molar-refractivity contribution in [1.82, 2.24) is 29.5 Å². The van der Waals surface area contributed by atoms with E-state index in [1.54, 1.807) is 17.4 Å². The van der Waals surface area contributed by atoms with Gasteiger partial charge in [0, 0.05) is 73.1 Å². The first-order valence-electron chi connectivity index (χ1n) is 24.6. The molecule has 0 radical (unpaired) electrons. The molecule has 10 aromatic carbocycles. The fourth-order valence-electron chi connectivity index (χ4n) is 9.48. The highest BCUT2D eigenvalue weighted by atomic mass is 79.9. The second-order valence-corrected chi connectivity index (χ2v) is 20.8. The van der Waals surface area contributed by atoms with Gasteiger partial charge in [0.2, 0.25) is 0 Å². The van der Waals surface area contributed by atoms with Crippen molar-refractivity contribution in [3.63, 3.8) is 0 Å². The van der Waals surface area contributed by atoms with E-state index in [0.717, 1.165) is 71.5 Å². The average molecular weight is 1100 g/mol. The minimum absolute atomic E-state index is 0. The van der Waals surface area contributed by atoms with Gasteiger partial charge in [0.15, 0.2) is 23.3 Å². The second kappa shape index (κ2) is 22.7. The summed E-state index contributed by atoms with van der Waals surface area (Å²) in [5.41, 5.74) is 9.25. The molecule has 14 aromatic rings. The van der Waals surface area contributed by atoms with Crippen molar-refractivity contribution in [2.45, 2.75) is 0 Å². The highest BCUT2D eigenvalue weighted by molar-refractivity contribution is 9.10. The number of halogens is 1. The van der Waals surface area contributed by atoms with Crippen LogP contribution in [0.15, 0.2) is 259 Å². The standard InChI is InChI=1S/C32H21N3S.C20H14BrN3.C12H9BO2S.CH3/c1-3-10-23(11-4-1)31-33-34-32(35(31)25-12-5-2-6-13-25)24-20-18-22(19-21-24)26-15-9-16-28-27-14-7-8-17-29(27)36-30(26)28;21-17-13-11-16(12-14-17)20-23-22-19(15-7-3-1-4-8-15)24(20)18-9-5-2-6-10-18;14-13(15)10-6-3-5-9-8-4-1-2-7-11(8)16-12(9)10;/h1-21H;1-14H;1-7,14-15H;1H3/q;;;-1. The number of thiophene rings is 2.